The minimum Gasteiger partial charge on any atom is -0.361 e. The van der Waals surface area contributed by atoms with Crippen LogP contribution in [0.25, 0.3) is 0 Å². The van der Waals surface area contributed by atoms with Crippen molar-refractivity contribution in [1.82, 2.24) is 20.4 Å². The zero-order valence-corrected chi connectivity index (χ0v) is 15.3. The predicted octanol–water partition coefficient (Wildman–Crippen LogP) is 2.14. The first-order valence-electron chi connectivity index (χ1n) is 8.44. The normalized spacial score (nSPS) is 17.5. The predicted molar refractivity (Wildman–Crippen MR) is 93.6 cm³/mol. The Balaban J connectivity index is 1.60. The highest BCUT2D eigenvalue weighted by atomic mass is 32.1. The number of carbonyl (C=O) groups excluding carboxylic acids is 2. The summed E-state index contributed by atoms with van der Waals surface area (Å²) in [7, 11) is 0. The number of hydrogen-bond donors (Lipinski definition) is 1. The summed E-state index contributed by atoms with van der Waals surface area (Å²) in [4.78, 5) is 30.0. The molecule has 1 fully saturated rings. The van der Waals surface area contributed by atoms with Gasteiger partial charge in [0, 0.05) is 50.3 Å². The van der Waals surface area contributed by atoms with Crippen molar-refractivity contribution in [3.05, 3.63) is 33.6 Å². The molecule has 1 atom stereocenters. The number of piperidine rings is 1. The molecule has 0 aliphatic carbocycles. The molecular formula is C17H22N4O3S. The molecule has 0 saturated carbocycles. The van der Waals surface area contributed by atoms with Crippen molar-refractivity contribution < 1.29 is 14.1 Å². The Labute approximate surface area is 150 Å². The lowest BCUT2D eigenvalue weighted by atomic mass is 9.98. The molecule has 0 spiro atoms. The van der Waals surface area contributed by atoms with Crippen LogP contribution >= 0.6 is 11.3 Å². The van der Waals surface area contributed by atoms with E-state index in [2.05, 4.69) is 10.5 Å². The molecule has 0 bridgehead atoms. The zero-order valence-electron chi connectivity index (χ0n) is 14.4. The van der Waals surface area contributed by atoms with E-state index in [1.165, 1.54) is 6.92 Å². The summed E-state index contributed by atoms with van der Waals surface area (Å²) in [5, 5.41) is 9.71. The number of hydrogen-bond acceptors (Lipinski definition) is 6. The van der Waals surface area contributed by atoms with Crippen molar-refractivity contribution in [2.24, 2.45) is 0 Å². The van der Waals surface area contributed by atoms with Gasteiger partial charge in [-0.2, -0.15) is 0 Å². The maximum Gasteiger partial charge on any atom is 0.276 e. The molecule has 0 aromatic carbocycles. The van der Waals surface area contributed by atoms with Crippen molar-refractivity contribution in [1.29, 1.82) is 0 Å². The molecule has 0 radical (unpaired) electrons. The number of thiazole rings is 1. The van der Waals surface area contributed by atoms with Crippen LogP contribution < -0.4 is 5.32 Å². The molecule has 7 nitrogen and oxygen atoms in total. The molecule has 0 unspecified atom stereocenters. The van der Waals surface area contributed by atoms with Crippen LogP contribution in [-0.2, 0) is 11.2 Å². The minimum absolute atomic E-state index is 0.0278. The van der Waals surface area contributed by atoms with E-state index in [0.717, 1.165) is 36.5 Å². The molecule has 2 aromatic heterocycles. The summed E-state index contributed by atoms with van der Waals surface area (Å²) in [5.74, 6) is 0.787. The van der Waals surface area contributed by atoms with Crippen molar-refractivity contribution in [2.75, 3.05) is 19.6 Å². The fraction of sp³-hybridized carbons (Fsp3) is 0.529. The van der Waals surface area contributed by atoms with Gasteiger partial charge in [0.1, 0.15) is 5.76 Å². The number of aromatic nitrogens is 2. The number of likely N-dealkylation sites (tertiary alicyclic amines) is 1. The Bertz CT molecular complexity index is 755. The number of nitrogens with one attached hydrogen (secondary N) is 1. The SMILES string of the molecule is CC(=O)NCCc1csc([C@@H]2CCCN(C(=O)c3cc(C)on3)C2)n1. The van der Waals surface area contributed by atoms with E-state index in [-0.39, 0.29) is 17.7 Å². The number of nitrogens with zero attached hydrogens (tertiary/aromatic N) is 3. The Hall–Kier alpha value is -2.22. The summed E-state index contributed by atoms with van der Waals surface area (Å²) < 4.78 is 5.01. The highest BCUT2D eigenvalue weighted by Crippen LogP contribution is 2.30. The van der Waals surface area contributed by atoms with E-state index in [1.54, 1.807) is 24.3 Å². The van der Waals surface area contributed by atoms with Gasteiger partial charge >= 0.3 is 0 Å². The van der Waals surface area contributed by atoms with Gasteiger partial charge in [-0.15, -0.1) is 11.3 Å². The Kier molecular flexibility index (Phi) is 5.47. The second-order valence-corrected chi connectivity index (χ2v) is 7.21. The molecular weight excluding hydrogens is 340 g/mol. The second kappa shape index (κ2) is 7.77. The lowest BCUT2D eigenvalue weighted by molar-refractivity contribution is -0.118. The Morgan fingerprint density at radius 3 is 3.04 bits per heavy atom. The van der Waals surface area contributed by atoms with Crippen molar-refractivity contribution in [2.45, 2.75) is 39.0 Å². The van der Waals surface area contributed by atoms with E-state index < -0.39 is 0 Å². The summed E-state index contributed by atoms with van der Waals surface area (Å²) >= 11 is 1.63. The average Bonchev–Trinajstić information content (AvgIpc) is 3.23. The molecule has 3 heterocycles. The average molecular weight is 362 g/mol. The second-order valence-electron chi connectivity index (χ2n) is 6.32. The quantitative estimate of drug-likeness (QED) is 0.880. The third-order valence-corrected chi connectivity index (χ3v) is 5.29. The van der Waals surface area contributed by atoms with Gasteiger partial charge in [0.15, 0.2) is 5.69 Å². The first kappa shape index (κ1) is 17.6. The molecule has 3 rings (SSSR count). The maximum atomic E-state index is 12.5. The van der Waals surface area contributed by atoms with Gasteiger partial charge in [-0.05, 0) is 19.8 Å². The first-order chi connectivity index (χ1) is 12.0. The van der Waals surface area contributed by atoms with Crippen LogP contribution in [0, 0.1) is 6.92 Å². The molecule has 25 heavy (non-hydrogen) atoms. The van der Waals surface area contributed by atoms with Gasteiger partial charge in [-0.3, -0.25) is 9.59 Å². The molecule has 134 valence electrons. The first-order valence-corrected chi connectivity index (χ1v) is 9.32. The Morgan fingerprint density at radius 2 is 2.32 bits per heavy atom. The topological polar surface area (TPSA) is 88.3 Å². The number of rotatable bonds is 5. The third-order valence-electron chi connectivity index (χ3n) is 4.23. The fourth-order valence-corrected chi connectivity index (χ4v) is 3.97. The number of carbonyl (C=O) groups is 2. The van der Waals surface area contributed by atoms with E-state index in [0.29, 0.717) is 24.5 Å². The van der Waals surface area contributed by atoms with Crippen LogP contribution in [0.5, 0.6) is 0 Å². The number of amides is 2. The lowest BCUT2D eigenvalue weighted by Gasteiger charge is -2.31. The molecule has 2 amide bonds. The van der Waals surface area contributed by atoms with Crippen LogP contribution in [0.1, 0.15) is 52.6 Å². The molecule has 1 aliphatic heterocycles. The van der Waals surface area contributed by atoms with E-state index in [1.807, 2.05) is 10.3 Å². The van der Waals surface area contributed by atoms with Crippen LogP contribution in [0.15, 0.2) is 16.0 Å². The van der Waals surface area contributed by atoms with Crippen molar-refractivity contribution >= 4 is 23.2 Å². The largest absolute Gasteiger partial charge is 0.361 e. The van der Waals surface area contributed by atoms with Crippen LogP contribution in [0.2, 0.25) is 0 Å². The number of aryl methyl sites for hydroxylation is 1. The smallest absolute Gasteiger partial charge is 0.276 e. The van der Waals surface area contributed by atoms with Gasteiger partial charge in [0.25, 0.3) is 5.91 Å². The minimum atomic E-state index is -0.0796. The summed E-state index contributed by atoms with van der Waals surface area (Å²) in [5.41, 5.74) is 1.36. The fourth-order valence-electron chi connectivity index (χ4n) is 2.98. The van der Waals surface area contributed by atoms with E-state index in [4.69, 9.17) is 9.51 Å². The molecule has 1 N–H and O–H groups in total. The Morgan fingerprint density at radius 1 is 1.48 bits per heavy atom. The lowest BCUT2D eigenvalue weighted by Crippen LogP contribution is -2.39. The molecule has 1 saturated heterocycles. The van der Waals surface area contributed by atoms with Crippen LogP contribution in [0.3, 0.4) is 0 Å². The maximum absolute atomic E-state index is 12.5. The van der Waals surface area contributed by atoms with Crippen LogP contribution in [0.4, 0.5) is 0 Å². The molecule has 2 aromatic rings. The van der Waals surface area contributed by atoms with Crippen LogP contribution in [-0.4, -0.2) is 46.5 Å². The zero-order chi connectivity index (χ0) is 17.8. The van der Waals surface area contributed by atoms with Gasteiger partial charge < -0.3 is 14.7 Å². The monoisotopic (exact) mass is 362 g/mol. The van der Waals surface area contributed by atoms with Gasteiger partial charge in [0.2, 0.25) is 5.91 Å². The van der Waals surface area contributed by atoms with Gasteiger partial charge in [-0.25, -0.2) is 4.98 Å². The summed E-state index contributed by atoms with van der Waals surface area (Å²) in [6.07, 6.45) is 2.71. The van der Waals surface area contributed by atoms with E-state index >= 15 is 0 Å². The summed E-state index contributed by atoms with van der Waals surface area (Å²) in [6.45, 7) is 5.28. The third kappa shape index (κ3) is 4.45. The highest BCUT2D eigenvalue weighted by molar-refractivity contribution is 7.09. The van der Waals surface area contributed by atoms with Gasteiger partial charge in [-0.1, -0.05) is 5.16 Å². The van der Waals surface area contributed by atoms with Crippen molar-refractivity contribution in [3.63, 3.8) is 0 Å². The van der Waals surface area contributed by atoms with Crippen molar-refractivity contribution in [3.8, 4) is 0 Å². The molecule has 1 aliphatic rings. The summed E-state index contributed by atoms with van der Waals surface area (Å²) in [6, 6.07) is 1.68. The van der Waals surface area contributed by atoms with Gasteiger partial charge in [0.05, 0.1) is 10.7 Å². The highest BCUT2D eigenvalue weighted by Gasteiger charge is 2.28. The molecule has 8 heteroatoms. The van der Waals surface area contributed by atoms with E-state index in [9.17, 15) is 9.59 Å². The standard InChI is InChI=1S/C17H22N4O3S/c1-11-8-15(20-24-11)17(23)21-7-3-4-13(9-21)16-19-14(10-25-16)5-6-18-12(2)22/h8,10,13H,3-7,9H2,1-2H3,(H,18,22)/t13-/m1/s1.